The minimum atomic E-state index is -0.360. The van der Waals surface area contributed by atoms with Gasteiger partial charge >= 0.3 is 0 Å². The molecule has 1 saturated heterocycles. The van der Waals surface area contributed by atoms with E-state index >= 15 is 0 Å². The zero-order valence-corrected chi connectivity index (χ0v) is 15.5. The van der Waals surface area contributed by atoms with Gasteiger partial charge in [0.15, 0.2) is 5.58 Å². The first-order valence-electron chi connectivity index (χ1n) is 9.49. The second-order valence-corrected chi connectivity index (χ2v) is 7.08. The highest BCUT2D eigenvalue weighted by Gasteiger charge is 2.29. The molecule has 0 bridgehead atoms. The predicted octanol–water partition coefficient (Wildman–Crippen LogP) is 3.25. The van der Waals surface area contributed by atoms with Crippen LogP contribution < -0.4 is 10.5 Å². The van der Waals surface area contributed by atoms with Gasteiger partial charge in [-0.05, 0) is 43.2 Å². The van der Waals surface area contributed by atoms with Crippen LogP contribution in [0.4, 0.5) is 10.4 Å². The van der Waals surface area contributed by atoms with Crippen molar-refractivity contribution in [3.8, 4) is 11.3 Å². The average Bonchev–Trinajstić information content (AvgIpc) is 3.36. The molecule has 1 fully saturated rings. The van der Waals surface area contributed by atoms with Crippen LogP contribution in [0.5, 0.6) is 0 Å². The van der Waals surface area contributed by atoms with Crippen LogP contribution >= 0.6 is 0 Å². The van der Waals surface area contributed by atoms with E-state index in [0.717, 1.165) is 24.9 Å². The molecule has 29 heavy (non-hydrogen) atoms. The lowest BCUT2D eigenvalue weighted by atomic mass is 10.2. The van der Waals surface area contributed by atoms with Crippen LogP contribution in [0.2, 0.25) is 0 Å². The van der Waals surface area contributed by atoms with Crippen LogP contribution in [0.25, 0.3) is 22.4 Å². The first kappa shape index (κ1) is 17.5. The zero-order chi connectivity index (χ0) is 19.8. The summed E-state index contributed by atoms with van der Waals surface area (Å²) in [5, 5.41) is 4.53. The van der Waals surface area contributed by atoms with Gasteiger partial charge in [0.05, 0.1) is 18.3 Å². The number of pyridine rings is 1. The Balaban J connectivity index is 1.44. The number of oxazole rings is 1. The molecule has 1 aliphatic rings. The first-order valence-corrected chi connectivity index (χ1v) is 9.49. The van der Waals surface area contributed by atoms with Crippen molar-refractivity contribution in [1.82, 2.24) is 19.7 Å². The molecule has 0 amide bonds. The lowest BCUT2D eigenvalue weighted by Crippen LogP contribution is -2.37. The van der Waals surface area contributed by atoms with Gasteiger partial charge < -0.3 is 9.32 Å². The summed E-state index contributed by atoms with van der Waals surface area (Å²) in [7, 11) is 0. The molecule has 5 rings (SSSR count). The van der Waals surface area contributed by atoms with Crippen molar-refractivity contribution in [2.24, 2.45) is 0 Å². The van der Waals surface area contributed by atoms with Crippen LogP contribution in [0, 0.1) is 5.82 Å². The largest absolute Gasteiger partial charge is 0.423 e. The van der Waals surface area contributed by atoms with Crippen LogP contribution in [0.1, 0.15) is 12.8 Å². The molecular formula is C21H18FN5O2. The van der Waals surface area contributed by atoms with E-state index < -0.39 is 0 Å². The van der Waals surface area contributed by atoms with E-state index in [1.54, 1.807) is 24.5 Å². The van der Waals surface area contributed by atoms with Gasteiger partial charge in [0.1, 0.15) is 11.3 Å². The summed E-state index contributed by atoms with van der Waals surface area (Å²) in [5.41, 5.74) is 2.41. The zero-order valence-electron chi connectivity index (χ0n) is 15.5. The summed E-state index contributed by atoms with van der Waals surface area (Å²) in [6, 6.07) is 11.7. The fourth-order valence-corrected chi connectivity index (χ4v) is 3.73. The second-order valence-electron chi connectivity index (χ2n) is 7.08. The maximum Gasteiger partial charge on any atom is 0.298 e. The fourth-order valence-electron chi connectivity index (χ4n) is 3.73. The Morgan fingerprint density at radius 2 is 2.14 bits per heavy atom. The maximum absolute atomic E-state index is 13.5. The quantitative estimate of drug-likeness (QED) is 0.531. The number of benzene rings is 1. The molecule has 0 aliphatic carbocycles. The van der Waals surface area contributed by atoms with Crippen molar-refractivity contribution in [3.05, 3.63) is 71.0 Å². The number of hydrogen-bond donors (Lipinski definition) is 0. The van der Waals surface area contributed by atoms with Gasteiger partial charge in [-0.2, -0.15) is 10.1 Å². The number of rotatable bonds is 4. The normalized spacial score (nSPS) is 16.6. The van der Waals surface area contributed by atoms with Gasteiger partial charge in [0.25, 0.3) is 11.6 Å². The third kappa shape index (κ3) is 3.37. The molecule has 4 heterocycles. The van der Waals surface area contributed by atoms with E-state index in [0.29, 0.717) is 29.4 Å². The Kier molecular flexibility index (Phi) is 4.31. The number of fused-ring (bicyclic) bond motifs is 1. The molecule has 0 spiro atoms. The second kappa shape index (κ2) is 7.12. The fraction of sp³-hybridized carbons (Fsp3) is 0.238. The minimum absolute atomic E-state index is 0.0160. The highest BCUT2D eigenvalue weighted by atomic mass is 19.1. The van der Waals surface area contributed by atoms with Crippen molar-refractivity contribution in [3.63, 3.8) is 0 Å². The Morgan fingerprint density at radius 1 is 1.21 bits per heavy atom. The summed E-state index contributed by atoms with van der Waals surface area (Å²) >= 11 is 0. The van der Waals surface area contributed by atoms with Gasteiger partial charge in [-0.3, -0.25) is 9.78 Å². The van der Waals surface area contributed by atoms with Crippen molar-refractivity contribution >= 4 is 17.1 Å². The molecule has 3 aromatic heterocycles. The molecular weight excluding hydrogens is 373 g/mol. The molecule has 1 aliphatic heterocycles. The van der Waals surface area contributed by atoms with E-state index in [-0.39, 0.29) is 17.4 Å². The van der Waals surface area contributed by atoms with Gasteiger partial charge in [0.2, 0.25) is 0 Å². The Morgan fingerprint density at radius 3 is 3.00 bits per heavy atom. The smallest absolute Gasteiger partial charge is 0.298 e. The number of halogens is 1. The Bertz CT molecular complexity index is 1220. The topological polar surface area (TPSA) is 77.1 Å². The van der Waals surface area contributed by atoms with Gasteiger partial charge in [-0.1, -0.05) is 0 Å². The lowest BCUT2D eigenvalue weighted by molar-refractivity contribution is 0.466. The third-order valence-electron chi connectivity index (χ3n) is 5.17. The van der Waals surface area contributed by atoms with E-state index in [9.17, 15) is 9.18 Å². The van der Waals surface area contributed by atoms with E-state index in [1.807, 2.05) is 17.0 Å². The third-order valence-corrected chi connectivity index (χ3v) is 5.17. The molecule has 1 aromatic carbocycles. The molecule has 8 heteroatoms. The number of anilines is 1. The molecule has 4 aromatic rings. The summed E-state index contributed by atoms with van der Waals surface area (Å²) in [5.74, 6) is -0.360. The highest BCUT2D eigenvalue weighted by Crippen LogP contribution is 2.29. The average molecular weight is 391 g/mol. The number of hydrogen-bond acceptors (Lipinski definition) is 6. The van der Waals surface area contributed by atoms with Gasteiger partial charge in [-0.15, -0.1) is 0 Å². The van der Waals surface area contributed by atoms with E-state index in [2.05, 4.69) is 15.1 Å². The maximum atomic E-state index is 13.5. The molecule has 0 N–H and O–H groups in total. The monoisotopic (exact) mass is 391 g/mol. The molecule has 1 atom stereocenters. The molecule has 146 valence electrons. The minimum Gasteiger partial charge on any atom is -0.423 e. The summed E-state index contributed by atoms with van der Waals surface area (Å²) in [6.07, 6.45) is 5.26. The summed E-state index contributed by atoms with van der Waals surface area (Å²) in [4.78, 5) is 23.0. The standard InChI is InChI=1S/C21H18FN5O2/c22-15-5-6-18-19(11-15)29-21(24-18)26-10-2-4-16(26)13-27-20(28)8-7-17(25-27)14-3-1-9-23-12-14/h1,3,5-9,11-12,16H,2,4,10,13H2. The summed E-state index contributed by atoms with van der Waals surface area (Å²) < 4.78 is 20.7. The van der Waals surface area contributed by atoms with Gasteiger partial charge in [0, 0.05) is 36.6 Å². The first-order chi connectivity index (χ1) is 14.2. The number of aromatic nitrogens is 4. The lowest BCUT2D eigenvalue weighted by Gasteiger charge is -2.23. The molecule has 7 nitrogen and oxygen atoms in total. The van der Waals surface area contributed by atoms with Crippen LogP contribution in [0.3, 0.4) is 0 Å². The predicted molar refractivity (Wildman–Crippen MR) is 106 cm³/mol. The van der Waals surface area contributed by atoms with Crippen molar-refractivity contribution in [2.75, 3.05) is 11.4 Å². The SMILES string of the molecule is O=c1ccc(-c2cccnc2)nn1CC1CCCN1c1nc2ccc(F)cc2o1. The Hall–Kier alpha value is -3.55. The van der Waals surface area contributed by atoms with Crippen molar-refractivity contribution in [2.45, 2.75) is 25.4 Å². The van der Waals surface area contributed by atoms with Crippen molar-refractivity contribution in [1.29, 1.82) is 0 Å². The molecule has 0 saturated carbocycles. The van der Waals surface area contributed by atoms with Gasteiger partial charge in [-0.25, -0.2) is 9.07 Å². The van der Waals surface area contributed by atoms with E-state index in [4.69, 9.17) is 4.42 Å². The van der Waals surface area contributed by atoms with Crippen LogP contribution in [0.15, 0.2) is 64.1 Å². The van der Waals surface area contributed by atoms with E-state index in [1.165, 1.54) is 22.9 Å². The highest BCUT2D eigenvalue weighted by molar-refractivity contribution is 5.74. The Labute approximate surface area is 165 Å². The summed E-state index contributed by atoms with van der Waals surface area (Å²) in [6.45, 7) is 1.18. The number of nitrogens with zero attached hydrogens (tertiary/aromatic N) is 5. The van der Waals surface area contributed by atoms with Crippen molar-refractivity contribution < 1.29 is 8.81 Å². The molecule has 1 unspecified atom stereocenters. The van der Waals surface area contributed by atoms with Crippen LogP contribution in [-0.4, -0.2) is 32.3 Å². The van der Waals surface area contributed by atoms with Crippen LogP contribution in [-0.2, 0) is 6.54 Å². The molecule has 0 radical (unpaired) electrons.